The molecular formula is C15H22ClN3O3S. The summed E-state index contributed by atoms with van der Waals surface area (Å²) in [6.45, 7) is 6.77. The number of hydrogen-bond donors (Lipinski definition) is 0. The Hall–Kier alpha value is -1.21. The molecule has 1 aliphatic rings. The molecule has 23 heavy (non-hydrogen) atoms. The van der Waals surface area contributed by atoms with Gasteiger partial charge in [0, 0.05) is 18.8 Å². The standard InChI is InChI=1S/C15H22ClN3O3S/c1-15(2,3)22-14(20)19-6-4-5-11(9-19)10-23(21)13-17-7-12(16)8-18-13/h7-8,11H,4-6,9-10H2,1-3H3/t11-,23-/m1/s1. The fourth-order valence-electron chi connectivity index (χ4n) is 2.40. The molecule has 1 aromatic heterocycles. The molecule has 0 spiro atoms. The van der Waals surface area contributed by atoms with Crippen molar-refractivity contribution < 1.29 is 13.7 Å². The Morgan fingerprint density at radius 2 is 2.09 bits per heavy atom. The van der Waals surface area contributed by atoms with Crippen LogP contribution in [0.2, 0.25) is 5.02 Å². The van der Waals surface area contributed by atoms with Gasteiger partial charge in [0.25, 0.3) is 0 Å². The molecular weight excluding hydrogens is 338 g/mol. The lowest BCUT2D eigenvalue weighted by Gasteiger charge is -2.33. The second-order valence-corrected chi connectivity index (χ2v) is 8.46. The van der Waals surface area contributed by atoms with Gasteiger partial charge in [-0.05, 0) is 39.5 Å². The Morgan fingerprint density at radius 3 is 2.70 bits per heavy atom. The van der Waals surface area contributed by atoms with E-state index in [0.29, 0.717) is 23.9 Å². The van der Waals surface area contributed by atoms with Gasteiger partial charge in [-0.25, -0.2) is 14.8 Å². The van der Waals surface area contributed by atoms with E-state index in [1.807, 2.05) is 20.8 Å². The monoisotopic (exact) mass is 359 g/mol. The predicted molar refractivity (Wildman–Crippen MR) is 88.8 cm³/mol. The van der Waals surface area contributed by atoms with Crippen LogP contribution in [-0.2, 0) is 15.5 Å². The van der Waals surface area contributed by atoms with Crippen molar-refractivity contribution >= 4 is 28.5 Å². The zero-order valence-corrected chi connectivity index (χ0v) is 15.2. The fourth-order valence-corrected chi connectivity index (χ4v) is 3.69. The molecule has 0 radical (unpaired) electrons. The molecule has 2 rings (SSSR count). The van der Waals surface area contributed by atoms with Crippen LogP contribution in [0.5, 0.6) is 0 Å². The van der Waals surface area contributed by atoms with Crippen LogP contribution in [-0.4, -0.2) is 49.6 Å². The zero-order chi connectivity index (χ0) is 17.0. The van der Waals surface area contributed by atoms with Crippen molar-refractivity contribution in [2.75, 3.05) is 18.8 Å². The highest BCUT2D eigenvalue weighted by Gasteiger charge is 2.29. The van der Waals surface area contributed by atoms with Gasteiger partial charge in [0.2, 0.25) is 5.16 Å². The molecule has 128 valence electrons. The Bertz CT molecular complexity index is 574. The summed E-state index contributed by atoms with van der Waals surface area (Å²) < 4.78 is 17.7. The molecule has 0 bridgehead atoms. The van der Waals surface area contributed by atoms with Crippen LogP contribution in [0, 0.1) is 5.92 Å². The molecule has 0 unspecified atom stereocenters. The van der Waals surface area contributed by atoms with Gasteiger partial charge in [-0.1, -0.05) is 11.6 Å². The predicted octanol–water partition coefficient (Wildman–Crippen LogP) is 2.88. The van der Waals surface area contributed by atoms with Gasteiger partial charge in [-0.3, -0.25) is 4.21 Å². The third-order valence-corrected chi connectivity index (χ3v) is 4.95. The van der Waals surface area contributed by atoms with E-state index in [9.17, 15) is 9.00 Å². The van der Waals surface area contributed by atoms with Crippen LogP contribution in [0.15, 0.2) is 17.6 Å². The lowest BCUT2D eigenvalue weighted by Crippen LogP contribution is -2.44. The minimum absolute atomic E-state index is 0.149. The molecule has 1 amide bonds. The number of likely N-dealkylation sites (tertiary alicyclic amines) is 1. The van der Waals surface area contributed by atoms with Crippen molar-refractivity contribution in [2.45, 2.75) is 44.4 Å². The maximum atomic E-state index is 12.3. The first kappa shape index (κ1) is 18.1. The SMILES string of the molecule is CC(C)(C)OC(=O)N1CCC[C@@H](C[S@@](=O)c2ncc(Cl)cn2)C1. The van der Waals surface area contributed by atoms with Crippen molar-refractivity contribution in [3.63, 3.8) is 0 Å². The molecule has 2 heterocycles. The van der Waals surface area contributed by atoms with Gasteiger partial charge >= 0.3 is 6.09 Å². The summed E-state index contributed by atoms with van der Waals surface area (Å²) in [5.41, 5.74) is -0.510. The quantitative estimate of drug-likeness (QED) is 0.776. The molecule has 1 fully saturated rings. The number of aromatic nitrogens is 2. The Labute approximate surface area is 144 Å². The van der Waals surface area contributed by atoms with Crippen LogP contribution in [0.25, 0.3) is 0 Å². The number of carbonyl (C=O) groups is 1. The number of amides is 1. The van der Waals surface area contributed by atoms with Crippen LogP contribution < -0.4 is 0 Å². The number of hydrogen-bond acceptors (Lipinski definition) is 5. The summed E-state index contributed by atoms with van der Waals surface area (Å²) in [6.07, 6.45) is 4.38. The average Bonchev–Trinajstić information content (AvgIpc) is 2.46. The van der Waals surface area contributed by atoms with Gasteiger partial charge in [0.05, 0.1) is 28.2 Å². The first-order valence-electron chi connectivity index (χ1n) is 7.58. The molecule has 2 atom stereocenters. The topological polar surface area (TPSA) is 72.4 Å². The second kappa shape index (κ2) is 7.57. The molecule has 0 aliphatic carbocycles. The number of ether oxygens (including phenoxy) is 1. The second-order valence-electron chi connectivity index (χ2n) is 6.63. The van der Waals surface area contributed by atoms with Gasteiger partial charge in [0.15, 0.2) is 0 Å². The van der Waals surface area contributed by atoms with Crippen LogP contribution in [0.3, 0.4) is 0 Å². The number of halogens is 1. The third kappa shape index (κ3) is 5.73. The summed E-state index contributed by atoms with van der Waals surface area (Å²) in [5, 5.41) is 0.698. The third-order valence-electron chi connectivity index (χ3n) is 3.36. The van der Waals surface area contributed by atoms with E-state index in [0.717, 1.165) is 12.8 Å². The highest BCUT2D eigenvalue weighted by Crippen LogP contribution is 2.21. The fraction of sp³-hybridized carbons (Fsp3) is 0.667. The maximum Gasteiger partial charge on any atom is 0.410 e. The smallest absolute Gasteiger partial charge is 0.410 e. The van der Waals surface area contributed by atoms with E-state index < -0.39 is 16.4 Å². The largest absolute Gasteiger partial charge is 0.444 e. The van der Waals surface area contributed by atoms with Crippen molar-refractivity contribution in [3.8, 4) is 0 Å². The average molecular weight is 360 g/mol. The van der Waals surface area contributed by atoms with Gasteiger partial charge in [-0.2, -0.15) is 0 Å². The molecule has 1 saturated heterocycles. The summed E-state index contributed by atoms with van der Waals surface area (Å²) in [5.74, 6) is 0.581. The van der Waals surface area contributed by atoms with Crippen molar-refractivity contribution in [2.24, 2.45) is 5.92 Å². The molecule has 0 saturated carbocycles. The maximum absolute atomic E-state index is 12.3. The van der Waals surface area contributed by atoms with Crippen molar-refractivity contribution in [1.82, 2.24) is 14.9 Å². The number of nitrogens with zero attached hydrogens (tertiary/aromatic N) is 3. The van der Waals surface area contributed by atoms with Crippen LogP contribution in [0.4, 0.5) is 4.79 Å². The first-order chi connectivity index (χ1) is 10.7. The van der Waals surface area contributed by atoms with Gasteiger partial charge in [0.1, 0.15) is 5.60 Å². The van der Waals surface area contributed by atoms with E-state index in [1.165, 1.54) is 12.4 Å². The van der Waals surface area contributed by atoms with E-state index in [1.54, 1.807) is 4.90 Å². The van der Waals surface area contributed by atoms with Crippen molar-refractivity contribution in [3.05, 3.63) is 17.4 Å². The lowest BCUT2D eigenvalue weighted by atomic mass is 10.0. The normalized spacial score (nSPS) is 20.2. The first-order valence-corrected chi connectivity index (χ1v) is 9.28. The molecule has 1 aromatic rings. The highest BCUT2D eigenvalue weighted by molar-refractivity contribution is 7.84. The van der Waals surface area contributed by atoms with Crippen LogP contribution >= 0.6 is 11.6 Å². The minimum Gasteiger partial charge on any atom is -0.444 e. The molecule has 0 N–H and O–H groups in total. The van der Waals surface area contributed by atoms with Gasteiger partial charge < -0.3 is 9.64 Å². The summed E-state index contributed by atoms with van der Waals surface area (Å²) >= 11 is 5.73. The molecule has 1 aliphatic heterocycles. The molecule has 8 heteroatoms. The lowest BCUT2D eigenvalue weighted by molar-refractivity contribution is 0.0176. The highest BCUT2D eigenvalue weighted by atomic mass is 35.5. The minimum atomic E-state index is -1.30. The van der Waals surface area contributed by atoms with Crippen molar-refractivity contribution in [1.29, 1.82) is 0 Å². The van der Waals surface area contributed by atoms with E-state index in [-0.39, 0.29) is 17.2 Å². The van der Waals surface area contributed by atoms with Crippen LogP contribution in [0.1, 0.15) is 33.6 Å². The van der Waals surface area contributed by atoms with E-state index >= 15 is 0 Å². The Balaban J connectivity index is 1.92. The summed E-state index contributed by atoms with van der Waals surface area (Å²) in [4.78, 5) is 21.8. The Morgan fingerprint density at radius 1 is 1.43 bits per heavy atom. The molecule has 6 nitrogen and oxygen atoms in total. The summed E-state index contributed by atoms with van der Waals surface area (Å²) in [7, 11) is -1.30. The van der Waals surface area contributed by atoms with Gasteiger partial charge in [-0.15, -0.1) is 0 Å². The van der Waals surface area contributed by atoms with E-state index in [4.69, 9.17) is 16.3 Å². The molecule has 0 aromatic carbocycles. The number of carbonyl (C=O) groups excluding carboxylic acids is 1. The Kier molecular flexibility index (Phi) is 5.97. The number of rotatable bonds is 3. The zero-order valence-electron chi connectivity index (χ0n) is 13.6. The van der Waals surface area contributed by atoms with E-state index in [2.05, 4.69) is 9.97 Å². The number of piperidine rings is 1. The summed E-state index contributed by atoms with van der Waals surface area (Å²) in [6, 6.07) is 0.